The van der Waals surface area contributed by atoms with E-state index in [2.05, 4.69) is 55.4 Å². The monoisotopic (exact) mass is 290 g/mol. The van der Waals surface area contributed by atoms with Crippen molar-refractivity contribution in [3.05, 3.63) is 29.8 Å². The molecule has 2 rings (SSSR count). The van der Waals surface area contributed by atoms with Gasteiger partial charge in [-0.05, 0) is 43.4 Å². The topological polar surface area (TPSA) is 24.5 Å². The van der Waals surface area contributed by atoms with Gasteiger partial charge in [0, 0.05) is 31.9 Å². The van der Waals surface area contributed by atoms with Gasteiger partial charge in [0.2, 0.25) is 0 Å². The normalized spacial score (nSPS) is 20.2. The lowest BCUT2D eigenvalue weighted by molar-refractivity contribution is 0.0576. The molecule has 0 bridgehead atoms. The molecule has 3 heteroatoms. The third kappa shape index (κ3) is 4.45. The highest BCUT2D eigenvalue weighted by Gasteiger charge is 2.19. The van der Waals surface area contributed by atoms with Crippen LogP contribution in [0.1, 0.15) is 44.7 Å². The highest BCUT2D eigenvalue weighted by atomic mass is 16.5. The molecule has 2 unspecified atom stereocenters. The van der Waals surface area contributed by atoms with Gasteiger partial charge in [-0.3, -0.25) is 0 Å². The van der Waals surface area contributed by atoms with Crippen LogP contribution < -0.4 is 10.2 Å². The van der Waals surface area contributed by atoms with Crippen LogP contribution in [0.25, 0.3) is 0 Å². The Kier molecular flexibility index (Phi) is 6.52. The first kappa shape index (κ1) is 16.3. The molecule has 1 fully saturated rings. The Hall–Kier alpha value is -1.06. The van der Waals surface area contributed by atoms with Gasteiger partial charge in [0.15, 0.2) is 0 Å². The third-order valence-electron chi connectivity index (χ3n) is 4.37. The van der Waals surface area contributed by atoms with Gasteiger partial charge < -0.3 is 15.0 Å². The summed E-state index contributed by atoms with van der Waals surface area (Å²) < 4.78 is 5.62. The second kappa shape index (κ2) is 8.40. The molecule has 118 valence electrons. The van der Waals surface area contributed by atoms with Gasteiger partial charge >= 0.3 is 0 Å². The molecule has 1 aromatic carbocycles. The zero-order valence-electron chi connectivity index (χ0n) is 13.8. The van der Waals surface area contributed by atoms with Crippen molar-refractivity contribution >= 4 is 5.69 Å². The molecule has 3 nitrogen and oxygen atoms in total. The molecule has 0 amide bonds. The number of ether oxygens (including phenoxy) is 1. The number of rotatable bonds is 7. The molecule has 1 aliphatic rings. The molecule has 0 radical (unpaired) electrons. The molecule has 1 N–H and O–H groups in total. The number of anilines is 1. The number of hydrogen-bond acceptors (Lipinski definition) is 3. The summed E-state index contributed by atoms with van der Waals surface area (Å²) in [6.07, 6.45) is 3.61. The average Bonchev–Trinajstić information content (AvgIpc) is 2.53. The Morgan fingerprint density at radius 3 is 2.81 bits per heavy atom. The second-order valence-corrected chi connectivity index (χ2v) is 6.04. The van der Waals surface area contributed by atoms with E-state index in [0.717, 1.165) is 32.7 Å². The van der Waals surface area contributed by atoms with Crippen LogP contribution in [0.3, 0.4) is 0 Å². The predicted octanol–water partition coefficient (Wildman–Crippen LogP) is 3.61. The number of benzene rings is 1. The molecule has 1 aliphatic heterocycles. The minimum absolute atomic E-state index is 0.441. The maximum absolute atomic E-state index is 5.62. The maximum atomic E-state index is 5.62. The molecule has 0 spiro atoms. The first-order valence-corrected chi connectivity index (χ1v) is 8.37. The van der Waals surface area contributed by atoms with Crippen molar-refractivity contribution in [2.45, 2.75) is 39.2 Å². The summed E-state index contributed by atoms with van der Waals surface area (Å²) in [5.41, 5.74) is 2.77. The smallest absolute Gasteiger partial charge is 0.0511 e. The van der Waals surface area contributed by atoms with Crippen molar-refractivity contribution < 1.29 is 4.74 Å². The molecule has 1 saturated heterocycles. The summed E-state index contributed by atoms with van der Waals surface area (Å²) in [4.78, 5) is 2.41. The van der Waals surface area contributed by atoms with E-state index in [1.54, 1.807) is 0 Å². The summed E-state index contributed by atoms with van der Waals surface area (Å²) >= 11 is 0. The first-order chi connectivity index (χ1) is 10.3. The third-order valence-corrected chi connectivity index (χ3v) is 4.37. The van der Waals surface area contributed by atoms with Crippen molar-refractivity contribution in [1.29, 1.82) is 0 Å². The van der Waals surface area contributed by atoms with E-state index in [-0.39, 0.29) is 0 Å². The van der Waals surface area contributed by atoms with Crippen molar-refractivity contribution in [3.63, 3.8) is 0 Å². The van der Waals surface area contributed by atoms with E-state index >= 15 is 0 Å². The Morgan fingerprint density at radius 1 is 1.33 bits per heavy atom. The van der Waals surface area contributed by atoms with E-state index < -0.39 is 0 Å². The van der Waals surface area contributed by atoms with Crippen LogP contribution in [-0.4, -0.2) is 33.4 Å². The summed E-state index contributed by atoms with van der Waals surface area (Å²) in [6.45, 7) is 8.37. The summed E-state index contributed by atoms with van der Waals surface area (Å²) in [5.74, 6) is 0.663. The fourth-order valence-corrected chi connectivity index (χ4v) is 3.29. The molecular formula is C18H30N2O. The SMILES string of the molecule is CCNC(CC)c1ccccc1N(C)CC1CCCOC1. The Morgan fingerprint density at radius 2 is 2.14 bits per heavy atom. The Labute approximate surface area is 129 Å². The Balaban J connectivity index is 2.10. The van der Waals surface area contributed by atoms with E-state index in [9.17, 15) is 0 Å². The van der Waals surface area contributed by atoms with E-state index in [1.165, 1.54) is 24.1 Å². The largest absolute Gasteiger partial charge is 0.381 e. The van der Waals surface area contributed by atoms with Crippen LogP contribution in [0, 0.1) is 5.92 Å². The van der Waals surface area contributed by atoms with Gasteiger partial charge in [0.1, 0.15) is 0 Å². The molecule has 0 saturated carbocycles. The number of hydrogen-bond donors (Lipinski definition) is 1. The van der Waals surface area contributed by atoms with E-state index in [1.807, 2.05) is 0 Å². The quantitative estimate of drug-likeness (QED) is 0.830. The molecule has 21 heavy (non-hydrogen) atoms. The molecule has 0 aliphatic carbocycles. The van der Waals surface area contributed by atoms with Crippen LogP contribution in [0.15, 0.2) is 24.3 Å². The minimum Gasteiger partial charge on any atom is -0.381 e. The lowest BCUT2D eigenvalue weighted by Gasteiger charge is -2.31. The standard InChI is InChI=1S/C18H30N2O/c1-4-17(19-5-2)16-10-6-7-11-18(16)20(3)13-15-9-8-12-21-14-15/h6-7,10-11,15,17,19H,4-5,8-9,12-14H2,1-3H3. The number of para-hydroxylation sites is 1. The van der Waals surface area contributed by atoms with Gasteiger partial charge in [-0.2, -0.15) is 0 Å². The van der Waals surface area contributed by atoms with E-state index in [0.29, 0.717) is 12.0 Å². The van der Waals surface area contributed by atoms with Crippen LogP contribution >= 0.6 is 0 Å². The van der Waals surface area contributed by atoms with Gasteiger partial charge in [0.05, 0.1) is 6.61 Å². The summed E-state index contributed by atoms with van der Waals surface area (Å²) in [5, 5.41) is 3.60. The lowest BCUT2D eigenvalue weighted by Crippen LogP contribution is -2.32. The van der Waals surface area contributed by atoms with Crippen molar-refractivity contribution in [1.82, 2.24) is 5.32 Å². The number of nitrogens with zero attached hydrogens (tertiary/aromatic N) is 1. The van der Waals surface area contributed by atoms with Crippen LogP contribution in [0.2, 0.25) is 0 Å². The summed E-state index contributed by atoms with van der Waals surface area (Å²) in [7, 11) is 2.21. The number of nitrogens with one attached hydrogen (secondary N) is 1. The van der Waals surface area contributed by atoms with Gasteiger partial charge in [0.25, 0.3) is 0 Å². The molecule has 0 aromatic heterocycles. The fourth-order valence-electron chi connectivity index (χ4n) is 3.29. The van der Waals surface area contributed by atoms with Crippen molar-refractivity contribution in [3.8, 4) is 0 Å². The Bertz CT molecular complexity index is 415. The second-order valence-electron chi connectivity index (χ2n) is 6.04. The summed E-state index contributed by atoms with van der Waals surface area (Å²) in [6, 6.07) is 9.25. The highest BCUT2D eigenvalue weighted by molar-refractivity contribution is 5.54. The molecule has 1 aromatic rings. The fraction of sp³-hybridized carbons (Fsp3) is 0.667. The van der Waals surface area contributed by atoms with Crippen LogP contribution in [-0.2, 0) is 4.74 Å². The van der Waals surface area contributed by atoms with Gasteiger partial charge in [-0.25, -0.2) is 0 Å². The van der Waals surface area contributed by atoms with Crippen molar-refractivity contribution in [2.24, 2.45) is 5.92 Å². The molecular weight excluding hydrogens is 260 g/mol. The van der Waals surface area contributed by atoms with E-state index in [4.69, 9.17) is 4.74 Å². The lowest BCUT2D eigenvalue weighted by atomic mass is 9.99. The molecule has 1 heterocycles. The highest BCUT2D eigenvalue weighted by Crippen LogP contribution is 2.28. The van der Waals surface area contributed by atoms with Crippen molar-refractivity contribution in [2.75, 3.05) is 38.3 Å². The zero-order valence-corrected chi connectivity index (χ0v) is 13.8. The maximum Gasteiger partial charge on any atom is 0.0511 e. The van der Waals surface area contributed by atoms with Crippen LogP contribution in [0.5, 0.6) is 0 Å². The van der Waals surface area contributed by atoms with Gasteiger partial charge in [-0.1, -0.05) is 32.0 Å². The average molecular weight is 290 g/mol. The predicted molar refractivity (Wildman–Crippen MR) is 90.0 cm³/mol. The first-order valence-electron chi connectivity index (χ1n) is 8.37. The van der Waals surface area contributed by atoms with Crippen LogP contribution in [0.4, 0.5) is 5.69 Å². The van der Waals surface area contributed by atoms with Gasteiger partial charge in [-0.15, -0.1) is 0 Å². The zero-order chi connectivity index (χ0) is 15.1. The molecule has 2 atom stereocenters. The minimum atomic E-state index is 0.441.